The molecule has 1 aromatic carbocycles. The van der Waals surface area contributed by atoms with Gasteiger partial charge in [-0.3, -0.25) is 0 Å². The van der Waals surface area contributed by atoms with E-state index in [9.17, 15) is 0 Å². The number of benzene rings is 1. The molecule has 0 amide bonds. The molecule has 2 aromatic rings. The molecule has 0 bridgehead atoms. The van der Waals surface area contributed by atoms with Gasteiger partial charge in [0.15, 0.2) is 0 Å². The lowest BCUT2D eigenvalue weighted by Gasteiger charge is -2.28. The maximum atomic E-state index is 5.64. The van der Waals surface area contributed by atoms with Crippen LogP contribution in [0.5, 0.6) is 0 Å². The maximum Gasteiger partial charge on any atom is 0.243 e. The van der Waals surface area contributed by atoms with E-state index in [1.54, 1.807) is 0 Å². The molecular formula is C13H19N5. The Hall–Kier alpha value is -1.75. The molecule has 96 valence electrons. The number of hydrogen-bond acceptors (Lipinski definition) is 5. The third-order valence-corrected chi connectivity index (χ3v) is 3.25. The molecule has 2 rings (SSSR count). The van der Waals surface area contributed by atoms with E-state index in [1.165, 1.54) is 0 Å². The molecule has 5 heteroatoms. The summed E-state index contributed by atoms with van der Waals surface area (Å²) in [6.45, 7) is 4.88. The highest BCUT2D eigenvalue weighted by molar-refractivity contribution is 5.74. The number of anilines is 1. The molecule has 0 aliphatic rings. The number of aromatic nitrogens is 3. The number of fused-ring (bicyclic) bond motifs is 1. The van der Waals surface area contributed by atoms with Gasteiger partial charge in [-0.15, -0.1) is 10.2 Å². The first-order valence-corrected chi connectivity index (χ1v) is 6.24. The molecule has 18 heavy (non-hydrogen) atoms. The van der Waals surface area contributed by atoms with Gasteiger partial charge < -0.3 is 11.1 Å². The minimum atomic E-state index is -0.0844. The average Bonchev–Trinajstić information content (AvgIpc) is 2.39. The number of hydrogen-bond donors (Lipinski definition) is 2. The zero-order valence-corrected chi connectivity index (χ0v) is 10.8. The van der Waals surface area contributed by atoms with E-state index in [1.807, 2.05) is 24.3 Å². The molecule has 1 aromatic heterocycles. The summed E-state index contributed by atoms with van der Waals surface area (Å²) in [6.07, 6.45) is 1.83. The lowest BCUT2D eigenvalue weighted by molar-refractivity contribution is 0.459. The molecule has 1 atom stereocenters. The van der Waals surface area contributed by atoms with Crippen molar-refractivity contribution in [1.29, 1.82) is 0 Å². The fourth-order valence-corrected chi connectivity index (χ4v) is 1.85. The van der Waals surface area contributed by atoms with E-state index < -0.39 is 0 Å². The monoisotopic (exact) mass is 245 g/mol. The largest absolute Gasteiger partial charge is 0.348 e. The van der Waals surface area contributed by atoms with E-state index in [2.05, 4.69) is 34.3 Å². The van der Waals surface area contributed by atoms with Crippen molar-refractivity contribution in [2.45, 2.75) is 32.2 Å². The van der Waals surface area contributed by atoms with E-state index >= 15 is 0 Å². The highest BCUT2D eigenvalue weighted by Crippen LogP contribution is 2.19. The van der Waals surface area contributed by atoms with Gasteiger partial charge in [0, 0.05) is 5.54 Å². The standard InChI is InChI=1S/C13H19N5/c1-3-13(2,8-9-14)16-12-15-10-6-4-5-7-11(10)17-18-12/h4-7H,3,8-9,14H2,1-2H3,(H,15,16,18). The van der Waals surface area contributed by atoms with Crippen LogP contribution in [0.15, 0.2) is 24.3 Å². The topological polar surface area (TPSA) is 76.7 Å². The van der Waals surface area contributed by atoms with Crippen LogP contribution in [0.4, 0.5) is 5.95 Å². The second-order valence-corrected chi connectivity index (χ2v) is 4.70. The van der Waals surface area contributed by atoms with Gasteiger partial charge in [-0.25, -0.2) is 4.98 Å². The van der Waals surface area contributed by atoms with Crippen molar-refractivity contribution in [3.63, 3.8) is 0 Å². The number of rotatable bonds is 5. The molecule has 0 spiro atoms. The Morgan fingerprint density at radius 2 is 1.94 bits per heavy atom. The second-order valence-electron chi connectivity index (χ2n) is 4.70. The van der Waals surface area contributed by atoms with Crippen molar-refractivity contribution < 1.29 is 0 Å². The van der Waals surface area contributed by atoms with Crippen molar-refractivity contribution in [3.05, 3.63) is 24.3 Å². The van der Waals surface area contributed by atoms with Crippen LogP contribution < -0.4 is 11.1 Å². The summed E-state index contributed by atoms with van der Waals surface area (Å²) < 4.78 is 0. The Morgan fingerprint density at radius 3 is 2.61 bits per heavy atom. The average molecular weight is 245 g/mol. The fraction of sp³-hybridized carbons (Fsp3) is 0.462. The Balaban J connectivity index is 2.26. The molecule has 3 N–H and O–H groups in total. The maximum absolute atomic E-state index is 5.64. The van der Waals surface area contributed by atoms with Crippen LogP contribution in [0.1, 0.15) is 26.7 Å². The summed E-state index contributed by atoms with van der Waals surface area (Å²) in [5, 5.41) is 11.6. The summed E-state index contributed by atoms with van der Waals surface area (Å²) in [5.41, 5.74) is 7.21. The number of nitrogens with one attached hydrogen (secondary N) is 1. The molecule has 0 saturated carbocycles. The highest BCUT2D eigenvalue weighted by atomic mass is 15.3. The third kappa shape index (κ3) is 2.73. The van der Waals surface area contributed by atoms with E-state index in [4.69, 9.17) is 5.73 Å². The molecule has 0 saturated heterocycles. The van der Waals surface area contributed by atoms with E-state index in [0.717, 1.165) is 23.9 Å². The molecule has 1 heterocycles. The van der Waals surface area contributed by atoms with Crippen LogP contribution in [-0.4, -0.2) is 27.3 Å². The predicted octanol–water partition coefficient (Wildman–Crippen LogP) is 1.95. The highest BCUT2D eigenvalue weighted by Gasteiger charge is 2.22. The molecule has 0 aliphatic carbocycles. The molecule has 5 nitrogen and oxygen atoms in total. The minimum Gasteiger partial charge on any atom is -0.348 e. The first kappa shape index (κ1) is 12.7. The number of nitrogens with two attached hydrogens (primary N) is 1. The van der Waals surface area contributed by atoms with Gasteiger partial charge in [-0.2, -0.15) is 0 Å². The summed E-state index contributed by atoms with van der Waals surface area (Å²) >= 11 is 0. The molecule has 0 aliphatic heterocycles. The smallest absolute Gasteiger partial charge is 0.243 e. The Kier molecular flexibility index (Phi) is 3.72. The quantitative estimate of drug-likeness (QED) is 0.842. The zero-order valence-electron chi connectivity index (χ0n) is 10.8. The third-order valence-electron chi connectivity index (χ3n) is 3.25. The minimum absolute atomic E-state index is 0.0844. The first-order valence-electron chi connectivity index (χ1n) is 6.24. The van der Waals surface area contributed by atoms with Crippen LogP contribution in [0.3, 0.4) is 0 Å². The normalized spacial score (nSPS) is 14.4. The van der Waals surface area contributed by atoms with Crippen LogP contribution in [0.2, 0.25) is 0 Å². The van der Waals surface area contributed by atoms with Gasteiger partial charge >= 0.3 is 0 Å². The van der Waals surface area contributed by atoms with Gasteiger partial charge in [-0.05, 0) is 38.4 Å². The zero-order chi connectivity index (χ0) is 13.0. The lowest BCUT2D eigenvalue weighted by atomic mass is 9.95. The summed E-state index contributed by atoms with van der Waals surface area (Å²) in [4.78, 5) is 4.46. The fourth-order valence-electron chi connectivity index (χ4n) is 1.85. The Morgan fingerprint density at radius 1 is 1.22 bits per heavy atom. The van der Waals surface area contributed by atoms with E-state index in [0.29, 0.717) is 12.5 Å². The molecule has 0 fully saturated rings. The first-order chi connectivity index (χ1) is 8.67. The van der Waals surface area contributed by atoms with Gasteiger partial charge in [0.05, 0.1) is 5.52 Å². The van der Waals surface area contributed by atoms with Crippen LogP contribution in [0, 0.1) is 0 Å². The summed E-state index contributed by atoms with van der Waals surface area (Å²) in [5.74, 6) is 0.562. The van der Waals surface area contributed by atoms with Crippen molar-refractivity contribution >= 4 is 17.0 Å². The van der Waals surface area contributed by atoms with Crippen LogP contribution >= 0.6 is 0 Å². The van der Waals surface area contributed by atoms with Gasteiger partial charge in [-0.1, -0.05) is 19.1 Å². The van der Waals surface area contributed by atoms with Crippen molar-refractivity contribution in [3.8, 4) is 0 Å². The molecular weight excluding hydrogens is 226 g/mol. The predicted molar refractivity (Wildman–Crippen MR) is 73.3 cm³/mol. The second kappa shape index (κ2) is 5.27. The summed E-state index contributed by atoms with van der Waals surface area (Å²) in [7, 11) is 0. The molecule has 0 radical (unpaired) electrons. The lowest BCUT2D eigenvalue weighted by Crippen LogP contribution is -2.37. The molecule has 1 unspecified atom stereocenters. The summed E-state index contributed by atoms with van der Waals surface area (Å²) in [6, 6.07) is 7.70. The number of nitrogens with zero attached hydrogens (tertiary/aromatic N) is 3. The van der Waals surface area contributed by atoms with Crippen LogP contribution in [0.25, 0.3) is 11.0 Å². The van der Waals surface area contributed by atoms with E-state index in [-0.39, 0.29) is 5.54 Å². The van der Waals surface area contributed by atoms with Crippen LogP contribution in [-0.2, 0) is 0 Å². The van der Waals surface area contributed by atoms with Gasteiger partial charge in [0.25, 0.3) is 0 Å². The van der Waals surface area contributed by atoms with Crippen molar-refractivity contribution in [2.75, 3.05) is 11.9 Å². The van der Waals surface area contributed by atoms with Crippen molar-refractivity contribution in [2.24, 2.45) is 5.73 Å². The Bertz CT molecular complexity index is 528. The SMILES string of the molecule is CCC(C)(CCN)Nc1nnc2ccccc2n1. The Labute approximate surface area is 107 Å². The van der Waals surface area contributed by atoms with Gasteiger partial charge in [0.2, 0.25) is 5.95 Å². The van der Waals surface area contributed by atoms with Crippen molar-refractivity contribution in [1.82, 2.24) is 15.2 Å². The van der Waals surface area contributed by atoms with Gasteiger partial charge in [0.1, 0.15) is 5.52 Å². The number of para-hydroxylation sites is 1.